The summed E-state index contributed by atoms with van der Waals surface area (Å²) in [5, 5.41) is 13.1. The van der Waals surface area contributed by atoms with Crippen LogP contribution in [-0.2, 0) is 11.2 Å². The molecule has 1 heterocycles. The highest BCUT2D eigenvalue weighted by molar-refractivity contribution is 9.09. The van der Waals surface area contributed by atoms with Crippen LogP contribution in [0.2, 0.25) is 5.02 Å². The number of aryl methyl sites for hydroxylation is 1. The molecular weight excluding hydrogens is 366 g/mol. The zero-order chi connectivity index (χ0) is 14.4. The summed E-state index contributed by atoms with van der Waals surface area (Å²) < 4.78 is 5.33. The van der Waals surface area contributed by atoms with Gasteiger partial charge in [0.15, 0.2) is 6.61 Å². The first-order chi connectivity index (χ1) is 9.69. The van der Waals surface area contributed by atoms with Gasteiger partial charge >= 0.3 is 0 Å². The van der Waals surface area contributed by atoms with E-state index < -0.39 is 0 Å². The number of alkyl halides is 1. The molecule has 0 spiro atoms. The van der Waals surface area contributed by atoms with Gasteiger partial charge in [0, 0.05) is 11.8 Å². The predicted molar refractivity (Wildman–Crippen MR) is 83.0 cm³/mol. The monoisotopic (exact) mass is 375 g/mol. The molecule has 2 rings (SSSR count). The molecule has 1 amide bonds. The fraction of sp³-hybridized carbons (Fsp3) is 0.250. The minimum absolute atomic E-state index is 0.128. The number of aromatic nitrogens is 2. The van der Waals surface area contributed by atoms with E-state index in [0.29, 0.717) is 15.9 Å². The van der Waals surface area contributed by atoms with Gasteiger partial charge in [0.1, 0.15) is 10.8 Å². The molecule has 0 radical (unpaired) electrons. The van der Waals surface area contributed by atoms with Gasteiger partial charge in [0.2, 0.25) is 5.13 Å². The van der Waals surface area contributed by atoms with Crippen molar-refractivity contribution in [1.82, 2.24) is 10.2 Å². The third kappa shape index (κ3) is 4.43. The van der Waals surface area contributed by atoms with Crippen molar-refractivity contribution in [3.05, 3.63) is 34.3 Å². The van der Waals surface area contributed by atoms with Crippen LogP contribution in [0.25, 0.3) is 0 Å². The van der Waals surface area contributed by atoms with Gasteiger partial charge in [-0.1, -0.05) is 51.0 Å². The Morgan fingerprint density at radius 1 is 1.40 bits per heavy atom. The molecule has 0 aliphatic heterocycles. The zero-order valence-electron chi connectivity index (χ0n) is 10.3. The molecule has 0 aliphatic carbocycles. The second kappa shape index (κ2) is 7.56. The first kappa shape index (κ1) is 15.2. The van der Waals surface area contributed by atoms with Gasteiger partial charge in [-0.25, -0.2) is 0 Å². The molecule has 20 heavy (non-hydrogen) atoms. The SMILES string of the molecule is O=C(COc1ccccc1Cl)Nc1nnc(CCBr)s1. The maximum Gasteiger partial charge on any atom is 0.264 e. The van der Waals surface area contributed by atoms with Crippen LogP contribution in [0.1, 0.15) is 5.01 Å². The predicted octanol–water partition coefficient (Wildman–Crippen LogP) is 3.15. The van der Waals surface area contributed by atoms with Gasteiger partial charge < -0.3 is 4.74 Å². The minimum atomic E-state index is -0.300. The Bertz CT molecular complexity index is 594. The van der Waals surface area contributed by atoms with E-state index in [9.17, 15) is 4.79 Å². The van der Waals surface area contributed by atoms with Crippen LogP contribution in [0, 0.1) is 0 Å². The van der Waals surface area contributed by atoms with Gasteiger partial charge in [-0.3, -0.25) is 10.1 Å². The van der Waals surface area contributed by atoms with Crippen molar-refractivity contribution in [3.63, 3.8) is 0 Å². The second-order valence-corrected chi connectivity index (χ2v) is 5.97. The molecule has 0 bridgehead atoms. The molecular formula is C12H11BrClN3O2S. The highest BCUT2D eigenvalue weighted by Crippen LogP contribution is 2.23. The largest absolute Gasteiger partial charge is 0.482 e. The van der Waals surface area contributed by atoms with Crippen molar-refractivity contribution >= 4 is 49.9 Å². The summed E-state index contributed by atoms with van der Waals surface area (Å²) >= 11 is 10.6. The lowest BCUT2D eigenvalue weighted by atomic mass is 10.3. The van der Waals surface area contributed by atoms with E-state index in [0.717, 1.165) is 16.8 Å². The number of anilines is 1. The Labute approximate surface area is 133 Å². The molecule has 0 fully saturated rings. The molecule has 0 saturated carbocycles. The van der Waals surface area contributed by atoms with Crippen LogP contribution in [-0.4, -0.2) is 28.0 Å². The topological polar surface area (TPSA) is 64.1 Å². The maximum absolute atomic E-state index is 11.7. The zero-order valence-corrected chi connectivity index (χ0v) is 13.5. The number of carbonyl (C=O) groups is 1. The lowest BCUT2D eigenvalue weighted by molar-refractivity contribution is -0.118. The molecule has 2 aromatic rings. The lowest BCUT2D eigenvalue weighted by Gasteiger charge is -2.06. The van der Waals surface area contributed by atoms with E-state index in [-0.39, 0.29) is 12.5 Å². The highest BCUT2D eigenvalue weighted by Gasteiger charge is 2.09. The molecule has 0 saturated heterocycles. The summed E-state index contributed by atoms with van der Waals surface area (Å²) in [5.41, 5.74) is 0. The quantitative estimate of drug-likeness (QED) is 0.787. The van der Waals surface area contributed by atoms with Gasteiger partial charge in [0.05, 0.1) is 5.02 Å². The third-order valence-corrected chi connectivity index (χ3v) is 3.82. The maximum atomic E-state index is 11.7. The Hall–Kier alpha value is -1.18. The summed E-state index contributed by atoms with van der Waals surface area (Å²) in [5.74, 6) is 0.174. The van der Waals surface area contributed by atoms with E-state index in [2.05, 4.69) is 31.4 Å². The van der Waals surface area contributed by atoms with Crippen molar-refractivity contribution in [2.75, 3.05) is 17.3 Å². The normalized spacial score (nSPS) is 10.3. The van der Waals surface area contributed by atoms with Gasteiger partial charge in [-0.15, -0.1) is 10.2 Å². The summed E-state index contributed by atoms with van der Waals surface area (Å²) in [7, 11) is 0. The number of hydrogen-bond donors (Lipinski definition) is 1. The average Bonchev–Trinajstić information content (AvgIpc) is 2.85. The van der Waals surface area contributed by atoms with Crippen molar-refractivity contribution < 1.29 is 9.53 Å². The number of nitrogens with zero attached hydrogens (tertiary/aromatic N) is 2. The van der Waals surface area contributed by atoms with Crippen LogP contribution in [0.4, 0.5) is 5.13 Å². The molecule has 1 aromatic carbocycles. The minimum Gasteiger partial charge on any atom is -0.482 e. The first-order valence-corrected chi connectivity index (χ1v) is 8.06. The molecule has 0 unspecified atom stereocenters. The van der Waals surface area contributed by atoms with Gasteiger partial charge in [-0.05, 0) is 12.1 Å². The number of halogens is 2. The van der Waals surface area contributed by atoms with Crippen LogP contribution in [0.15, 0.2) is 24.3 Å². The van der Waals surface area contributed by atoms with E-state index in [1.54, 1.807) is 24.3 Å². The van der Waals surface area contributed by atoms with Crippen molar-refractivity contribution in [2.24, 2.45) is 0 Å². The summed E-state index contributed by atoms with van der Waals surface area (Å²) in [6, 6.07) is 6.99. The number of carbonyl (C=O) groups excluding carboxylic acids is 1. The smallest absolute Gasteiger partial charge is 0.264 e. The van der Waals surface area contributed by atoms with Crippen molar-refractivity contribution in [3.8, 4) is 5.75 Å². The first-order valence-electron chi connectivity index (χ1n) is 5.74. The molecule has 1 N–H and O–H groups in total. The Kier molecular flexibility index (Phi) is 5.75. The Balaban J connectivity index is 1.84. The molecule has 0 aliphatic rings. The lowest BCUT2D eigenvalue weighted by Crippen LogP contribution is -2.20. The number of ether oxygens (including phenoxy) is 1. The van der Waals surface area contributed by atoms with Crippen LogP contribution < -0.4 is 10.1 Å². The van der Waals surface area contributed by atoms with E-state index in [4.69, 9.17) is 16.3 Å². The molecule has 5 nitrogen and oxygen atoms in total. The van der Waals surface area contributed by atoms with Gasteiger partial charge in [0.25, 0.3) is 5.91 Å². The third-order valence-electron chi connectivity index (χ3n) is 2.22. The Morgan fingerprint density at radius 3 is 2.95 bits per heavy atom. The molecule has 0 atom stereocenters. The molecule has 8 heteroatoms. The summed E-state index contributed by atoms with van der Waals surface area (Å²) in [4.78, 5) is 11.7. The number of hydrogen-bond acceptors (Lipinski definition) is 5. The fourth-order valence-electron chi connectivity index (χ4n) is 1.35. The molecule has 106 valence electrons. The van der Waals surface area contributed by atoms with E-state index in [1.165, 1.54) is 11.3 Å². The van der Waals surface area contributed by atoms with Crippen molar-refractivity contribution in [1.29, 1.82) is 0 Å². The fourth-order valence-corrected chi connectivity index (χ4v) is 2.93. The van der Waals surface area contributed by atoms with Gasteiger partial charge in [-0.2, -0.15) is 0 Å². The van der Waals surface area contributed by atoms with Crippen molar-refractivity contribution in [2.45, 2.75) is 6.42 Å². The second-order valence-electron chi connectivity index (χ2n) is 3.71. The van der Waals surface area contributed by atoms with Crippen LogP contribution in [0.5, 0.6) is 5.75 Å². The highest BCUT2D eigenvalue weighted by atomic mass is 79.9. The Morgan fingerprint density at radius 2 is 2.20 bits per heavy atom. The number of nitrogens with one attached hydrogen (secondary N) is 1. The standard InChI is InChI=1S/C12H11BrClN3O2S/c13-6-5-11-16-17-12(20-11)15-10(18)7-19-9-4-2-1-3-8(9)14/h1-4H,5-7H2,(H,15,17,18). The van der Waals surface area contributed by atoms with E-state index in [1.807, 2.05) is 0 Å². The number of rotatable bonds is 6. The number of benzene rings is 1. The van der Waals surface area contributed by atoms with Crippen LogP contribution in [0.3, 0.4) is 0 Å². The summed E-state index contributed by atoms with van der Waals surface area (Å²) in [6.07, 6.45) is 0.781. The average molecular weight is 377 g/mol. The number of amides is 1. The summed E-state index contributed by atoms with van der Waals surface area (Å²) in [6.45, 7) is -0.128. The van der Waals surface area contributed by atoms with E-state index >= 15 is 0 Å². The van der Waals surface area contributed by atoms with Crippen LogP contribution >= 0.6 is 38.9 Å². The molecule has 1 aromatic heterocycles. The number of para-hydroxylation sites is 1.